The first-order chi connectivity index (χ1) is 12.4. The van der Waals surface area contributed by atoms with Gasteiger partial charge < -0.3 is 13.7 Å². The lowest BCUT2D eigenvalue weighted by atomic mass is 10.1. The third-order valence-electron chi connectivity index (χ3n) is 3.92. The van der Waals surface area contributed by atoms with Crippen LogP contribution in [0.3, 0.4) is 0 Å². The maximum absolute atomic E-state index is 12.5. The summed E-state index contributed by atoms with van der Waals surface area (Å²) in [5, 5.41) is 10.6. The van der Waals surface area contributed by atoms with E-state index in [2.05, 4.69) is 0 Å². The quantitative estimate of drug-likeness (QED) is 0.546. The minimum absolute atomic E-state index is 0.116. The fraction of sp³-hybridized carbons (Fsp3) is 0. The van der Waals surface area contributed by atoms with Crippen LogP contribution in [-0.4, -0.2) is 19.5 Å². The van der Waals surface area contributed by atoms with Crippen LogP contribution in [0.15, 0.2) is 76.0 Å². The third kappa shape index (κ3) is 2.78. The van der Waals surface area contributed by atoms with Crippen molar-refractivity contribution in [1.29, 1.82) is 0 Å². The predicted molar refractivity (Wildman–Crippen MR) is 94.9 cm³/mol. The Morgan fingerprint density at radius 2 is 1.65 bits per heavy atom. The van der Waals surface area contributed by atoms with Gasteiger partial charge in [0.15, 0.2) is 0 Å². The first-order valence-electron chi connectivity index (χ1n) is 7.63. The Labute approximate surface area is 148 Å². The molecule has 0 saturated heterocycles. The van der Waals surface area contributed by atoms with Gasteiger partial charge in [-0.15, -0.1) is 0 Å². The highest BCUT2D eigenvalue weighted by Gasteiger charge is 2.19. The molecule has 6 nitrogen and oxygen atoms in total. The van der Waals surface area contributed by atoms with Crippen LogP contribution in [0.4, 0.5) is 0 Å². The highest BCUT2D eigenvalue weighted by Crippen LogP contribution is 2.32. The summed E-state index contributed by atoms with van der Waals surface area (Å²) in [6, 6.07) is 17.1. The van der Waals surface area contributed by atoms with Gasteiger partial charge in [-0.05, 0) is 42.5 Å². The van der Waals surface area contributed by atoms with Crippen molar-refractivity contribution in [3.63, 3.8) is 0 Å². The Hall–Kier alpha value is -3.32. The molecule has 0 saturated carbocycles. The summed E-state index contributed by atoms with van der Waals surface area (Å²) < 4.78 is 35.8. The van der Waals surface area contributed by atoms with Gasteiger partial charge in [0, 0.05) is 10.8 Å². The molecule has 0 aliphatic heterocycles. The molecule has 1 N–H and O–H groups in total. The van der Waals surface area contributed by atoms with E-state index in [-0.39, 0.29) is 16.2 Å². The monoisotopic (exact) mass is 368 g/mol. The molecule has 4 aromatic rings. The van der Waals surface area contributed by atoms with Crippen LogP contribution in [0.5, 0.6) is 5.75 Å². The average Bonchev–Trinajstić information content (AvgIpc) is 2.99. The molecule has 0 amide bonds. The van der Waals surface area contributed by atoms with E-state index in [0.717, 1.165) is 16.8 Å². The SMILES string of the molecule is O=C(O)c1cccc(S(=O)(=O)Oc2ccc3oc4ccccc4c3c2)c1. The molecule has 3 aromatic carbocycles. The summed E-state index contributed by atoms with van der Waals surface area (Å²) in [5.41, 5.74) is 1.17. The van der Waals surface area contributed by atoms with E-state index in [1.54, 1.807) is 12.1 Å². The number of aromatic carboxylic acids is 1. The lowest BCUT2D eigenvalue weighted by Gasteiger charge is -2.07. The van der Waals surface area contributed by atoms with Crippen molar-refractivity contribution in [3.05, 3.63) is 72.3 Å². The highest BCUT2D eigenvalue weighted by atomic mass is 32.2. The summed E-state index contributed by atoms with van der Waals surface area (Å²) in [5.74, 6) is -1.10. The molecule has 0 fully saturated rings. The van der Waals surface area contributed by atoms with Crippen molar-refractivity contribution in [1.82, 2.24) is 0 Å². The normalized spacial score (nSPS) is 11.7. The first kappa shape index (κ1) is 16.2. The van der Waals surface area contributed by atoms with Gasteiger partial charge in [-0.3, -0.25) is 0 Å². The van der Waals surface area contributed by atoms with Gasteiger partial charge in [0.1, 0.15) is 21.8 Å². The van der Waals surface area contributed by atoms with Crippen LogP contribution in [-0.2, 0) is 10.1 Å². The Balaban J connectivity index is 1.75. The van der Waals surface area contributed by atoms with Crippen molar-refractivity contribution in [2.24, 2.45) is 0 Å². The molecule has 26 heavy (non-hydrogen) atoms. The molecular formula is C19H12O6S. The van der Waals surface area contributed by atoms with Crippen molar-refractivity contribution in [2.75, 3.05) is 0 Å². The lowest BCUT2D eigenvalue weighted by molar-refractivity contribution is 0.0696. The Morgan fingerprint density at radius 3 is 2.46 bits per heavy atom. The van der Waals surface area contributed by atoms with Crippen molar-refractivity contribution >= 4 is 38.0 Å². The minimum Gasteiger partial charge on any atom is -0.478 e. The van der Waals surface area contributed by atoms with Gasteiger partial charge in [0.05, 0.1) is 5.56 Å². The molecule has 1 heterocycles. The number of hydrogen-bond acceptors (Lipinski definition) is 5. The van der Waals surface area contributed by atoms with E-state index in [1.807, 2.05) is 24.3 Å². The molecule has 0 spiro atoms. The number of rotatable bonds is 4. The third-order valence-corrected chi connectivity index (χ3v) is 5.17. The second kappa shape index (κ2) is 5.89. The summed E-state index contributed by atoms with van der Waals surface area (Å²) in [6.45, 7) is 0. The second-order valence-electron chi connectivity index (χ2n) is 5.63. The van der Waals surface area contributed by atoms with Crippen LogP contribution in [0.2, 0.25) is 0 Å². The Morgan fingerprint density at radius 1 is 0.885 bits per heavy atom. The van der Waals surface area contributed by atoms with E-state index in [9.17, 15) is 13.2 Å². The topological polar surface area (TPSA) is 93.8 Å². The molecule has 0 bridgehead atoms. The van der Waals surface area contributed by atoms with Crippen LogP contribution >= 0.6 is 0 Å². The standard InChI is InChI=1S/C19H12O6S/c20-19(21)12-4-3-5-14(10-12)26(22,23)25-13-8-9-18-16(11-13)15-6-1-2-7-17(15)24-18/h1-11H,(H,20,21). The summed E-state index contributed by atoms with van der Waals surface area (Å²) in [6.07, 6.45) is 0. The molecular weight excluding hydrogens is 356 g/mol. The van der Waals surface area contributed by atoms with Crippen LogP contribution < -0.4 is 4.18 Å². The van der Waals surface area contributed by atoms with Gasteiger partial charge in [0.25, 0.3) is 0 Å². The van der Waals surface area contributed by atoms with Crippen molar-refractivity contribution < 1.29 is 26.9 Å². The second-order valence-corrected chi connectivity index (χ2v) is 7.17. The zero-order valence-corrected chi connectivity index (χ0v) is 14.1. The lowest BCUT2D eigenvalue weighted by Crippen LogP contribution is -2.10. The van der Waals surface area contributed by atoms with Gasteiger partial charge >= 0.3 is 16.1 Å². The minimum atomic E-state index is -4.17. The molecule has 0 atom stereocenters. The first-order valence-corrected chi connectivity index (χ1v) is 9.04. The predicted octanol–water partition coefficient (Wildman–Crippen LogP) is 4.05. The maximum Gasteiger partial charge on any atom is 0.339 e. The van der Waals surface area contributed by atoms with E-state index in [0.29, 0.717) is 11.2 Å². The largest absolute Gasteiger partial charge is 0.478 e. The number of hydrogen-bond donors (Lipinski definition) is 1. The fourth-order valence-corrected chi connectivity index (χ4v) is 3.69. The van der Waals surface area contributed by atoms with Crippen molar-refractivity contribution in [3.8, 4) is 5.75 Å². The molecule has 0 unspecified atom stereocenters. The zero-order valence-electron chi connectivity index (χ0n) is 13.2. The maximum atomic E-state index is 12.5. The molecule has 0 aliphatic carbocycles. The highest BCUT2D eigenvalue weighted by molar-refractivity contribution is 7.87. The van der Waals surface area contributed by atoms with E-state index < -0.39 is 16.1 Å². The number of fused-ring (bicyclic) bond motifs is 3. The molecule has 130 valence electrons. The zero-order chi connectivity index (χ0) is 18.3. The number of carboxylic acid groups (broad SMARTS) is 1. The van der Waals surface area contributed by atoms with Crippen LogP contribution in [0, 0.1) is 0 Å². The summed E-state index contributed by atoms with van der Waals surface area (Å²) in [7, 11) is -4.17. The Bertz CT molecular complexity index is 1250. The smallest absolute Gasteiger partial charge is 0.339 e. The summed E-state index contributed by atoms with van der Waals surface area (Å²) in [4.78, 5) is 10.8. The average molecular weight is 368 g/mol. The van der Waals surface area contributed by atoms with Crippen molar-refractivity contribution in [2.45, 2.75) is 4.90 Å². The molecule has 7 heteroatoms. The number of carbonyl (C=O) groups is 1. The van der Waals surface area contributed by atoms with E-state index >= 15 is 0 Å². The molecule has 4 rings (SSSR count). The number of para-hydroxylation sites is 1. The van der Waals surface area contributed by atoms with Gasteiger partial charge in [-0.25, -0.2) is 4.79 Å². The molecule has 0 radical (unpaired) electrons. The molecule has 0 aliphatic rings. The van der Waals surface area contributed by atoms with Crippen LogP contribution in [0.1, 0.15) is 10.4 Å². The van der Waals surface area contributed by atoms with E-state index in [1.165, 1.54) is 24.3 Å². The number of benzene rings is 3. The van der Waals surface area contributed by atoms with E-state index in [4.69, 9.17) is 13.7 Å². The van der Waals surface area contributed by atoms with Gasteiger partial charge in [0.2, 0.25) is 0 Å². The van der Waals surface area contributed by atoms with Crippen LogP contribution in [0.25, 0.3) is 21.9 Å². The number of carboxylic acids is 1. The number of furan rings is 1. The fourth-order valence-electron chi connectivity index (χ4n) is 2.72. The Kier molecular flexibility index (Phi) is 3.66. The van der Waals surface area contributed by atoms with Gasteiger partial charge in [-0.2, -0.15) is 8.42 Å². The summed E-state index contributed by atoms with van der Waals surface area (Å²) >= 11 is 0. The van der Waals surface area contributed by atoms with Gasteiger partial charge in [-0.1, -0.05) is 24.3 Å². The molecule has 1 aromatic heterocycles.